The smallest absolute Gasteiger partial charge is 0.243 e. The highest BCUT2D eigenvalue weighted by atomic mass is 127. The Kier molecular flexibility index (Phi) is 5.31. The number of anilines is 1. The molecule has 1 saturated heterocycles. The summed E-state index contributed by atoms with van der Waals surface area (Å²) < 4.78 is 33.2. The van der Waals surface area contributed by atoms with Gasteiger partial charge in [0.2, 0.25) is 10.0 Å². The van der Waals surface area contributed by atoms with E-state index in [1.165, 1.54) is 0 Å². The highest BCUT2D eigenvalue weighted by Gasteiger charge is 2.29. The van der Waals surface area contributed by atoms with Crippen molar-refractivity contribution in [1.82, 2.24) is 4.31 Å². The van der Waals surface area contributed by atoms with Crippen LogP contribution in [0.15, 0.2) is 53.4 Å². The van der Waals surface area contributed by atoms with E-state index in [-0.39, 0.29) is 0 Å². The average molecular weight is 458 g/mol. The van der Waals surface area contributed by atoms with E-state index in [4.69, 9.17) is 4.74 Å². The molecule has 2 aromatic carbocycles. The molecule has 0 aromatic heterocycles. The van der Waals surface area contributed by atoms with E-state index in [1.807, 2.05) is 18.2 Å². The first-order valence-corrected chi connectivity index (χ1v) is 10.2. The number of nitrogens with zero attached hydrogens (tertiary/aromatic N) is 2. The van der Waals surface area contributed by atoms with E-state index in [0.29, 0.717) is 36.8 Å². The van der Waals surface area contributed by atoms with Crippen LogP contribution in [0.25, 0.3) is 0 Å². The first-order valence-electron chi connectivity index (χ1n) is 7.66. The Morgan fingerprint density at radius 3 is 2.25 bits per heavy atom. The molecule has 2 aromatic rings. The molecule has 3 rings (SSSR count). The number of sulfonamides is 1. The molecular formula is C17H19IN2O3S. The first-order chi connectivity index (χ1) is 11.5. The Labute approximate surface area is 156 Å². The van der Waals surface area contributed by atoms with Crippen LogP contribution in [-0.2, 0) is 10.0 Å². The molecule has 0 aliphatic carbocycles. The lowest BCUT2D eigenvalue weighted by molar-refractivity contribution is 0.384. The summed E-state index contributed by atoms with van der Waals surface area (Å²) in [5.74, 6) is 0.684. The predicted octanol–water partition coefficient (Wildman–Crippen LogP) is 2.81. The molecule has 0 saturated carbocycles. The zero-order valence-electron chi connectivity index (χ0n) is 13.4. The highest BCUT2D eigenvalue weighted by Crippen LogP contribution is 2.26. The minimum Gasteiger partial charge on any atom is -0.496 e. The van der Waals surface area contributed by atoms with Gasteiger partial charge in [0.25, 0.3) is 0 Å². The molecule has 1 fully saturated rings. The van der Waals surface area contributed by atoms with Crippen molar-refractivity contribution in [3.63, 3.8) is 0 Å². The molecule has 0 N–H and O–H groups in total. The summed E-state index contributed by atoms with van der Waals surface area (Å²) in [6.45, 7) is 2.35. The van der Waals surface area contributed by atoms with Gasteiger partial charge in [0.15, 0.2) is 0 Å². The molecule has 0 unspecified atom stereocenters. The number of benzene rings is 2. The minimum atomic E-state index is -3.47. The largest absolute Gasteiger partial charge is 0.496 e. The minimum absolute atomic E-state index is 0.320. The molecule has 1 aliphatic rings. The fourth-order valence-corrected chi connectivity index (χ4v) is 5.18. The second-order valence-electron chi connectivity index (χ2n) is 5.52. The fourth-order valence-electron chi connectivity index (χ4n) is 2.78. The number of methoxy groups -OCH3 is 1. The standard InChI is InChI=1S/C17H19IN2O3S/c1-23-17-8-7-15(13-16(17)18)24(21,22)20-11-9-19(10-12-20)14-5-3-2-4-6-14/h2-8,13H,9-12H2,1H3. The summed E-state index contributed by atoms with van der Waals surface area (Å²) >= 11 is 2.09. The van der Waals surface area contributed by atoms with E-state index in [0.717, 1.165) is 9.26 Å². The van der Waals surface area contributed by atoms with Gasteiger partial charge in [-0.25, -0.2) is 8.42 Å². The first kappa shape index (κ1) is 17.5. The number of hydrogen-bond acceptors (Lipinski definition) is 4. The monoisotopic (exact) mass is 458 g/mol. The van der Waals surface area contributed by atoms with Gasteiger partial charge in [-0.15, -0.1) is 0 Å². The van der Waals surface area contributed by atoms with Crippen LogP contribution in [0, 0.1) is 3.57 Å². The Hall–Kier alpha value is -1.32. The Balaban J connectivity index is 1.74. The molecule has 0 spiro atoms. The maximum atomic E-state index is 12.8. The third-order valence-electron chi connectivity index (χ3n) is 4.12. The number of para-hydroxylation sites is 1. The molecule has 0 bridgehead atoms. The Morgan fingerprint density at radius 1 is 1.00 bits per heavy atom. The maximum absolute atomic E-state index is 12.8. The lowest BCUT2D eigenvalue weighted by Gasteiger charge is -2.35. The number of rotatable bonds is 4. The molecule has 0 radical (unpaired) electrons. The zero-order valence-corrected chi connectivity index (χ0v) is 16.3. The second-order valence-corrected chi connectivity index (χ2v) is 8.62. The van der Waals surface area contributed by atoms with Crippen molar-refractivity contribution in [2.45, 2.75) is 4.90 Å². The lowest BCUT2D eigenvalue weighted by atomic mass is 10.2. The molecule has 128 valence electrons. The van der Waals surface area contributed by atoms with Crippen LogP contribution >= 0.6 is 22.6 Å². The molecule has 1 heterocycles. The van der Waals surface area contributed by atoms with Crippen molar-refractivity contribution in [2.75, 3.05) is 38.2 Å². The lowest BCUT2D eigenvalue weighted by Crippen LogP contribution is -2.48. The van der Waals surface area contributed by atoms with Gasteiger partial charge < -0.3 is 9.64 Å². The molecular weight excluding hydrogens is 439 g/mol. The van der Waals surface area contributed by atoms with E-state index in [9.17, 15) is 8.42 Å². The summed E-state index contributed by atoms with van der Waals surface area (Å²) in [7, 11) is -1.89. The van der Waals surface area contributed by atoms with Crippen LogP contribution in [0.3, 0.4) is 0 Å². The number of ether oxygens (including phenoxy) is 1. The molecule has 7 heteroatoms. The van der Waals surface area contributed by atoms with Gasteiger partial charge in [-0.1, -0.05) is 18.2 Å². The Morgan fingerprint density at radius 2 is 1.67 bits per heavy atom. The normalized spacial score (nSPS) is 16.2. The third kappa shape index (κ3) is 3.52. The van der Waals surface area contributed by atoms with Gasteiger partial charge in [-0.3, -0.25) is 0 Å². The van der Waals surface area contributed by atoms with Crippen LogP contribution in [-0.4, -0.2) is 46.0 Å². The predicted molar refractivity (Wildman–Crippen MR) is 103 cm³/mol. The van der Waals surface area contributed by atoms with Gasteiger partial charge in [0.05, 0.1) is 15.6 Å². The van der Waals surface area contributed by atoms with Crippen molar-refractivity contribution in [1.29, 1.82) is 0 Å². The molecule has 24 heavy (non-hydrogen) atoms. The molecule has 5 nitrogen and oxygen atoms in total. The van der Waals surface area contributed by atoms with Crippen LogP contribution < -0.4 is 9.64 Å². The molecule has 0 amide bonds. The second kappa shape index (κ2) is 7.28. The van der Waals surface area contributed by atoms with E-state index >= 15 is 0 Å². The highest BCUT2D eigenvalue weighted by molar-refractivity contribution is 14.1. The summed E-state index contributed by atoms with van der Waals surface area (Å²) in [6.07, 6.45) is 0. The van der Waals surface area contributed by atoms with Crippen molar-refractivity contribution in [3.05, 3.63) is 52.1 Å². The number of hydrogen-bond donors (Lipinski definition) is 0. The number of halogens is 1. The maximum Gasteiger partial charge on any atom is 0.243 e. The summed E-state index contributed by atoms with van der Waals surface area (Å²) in [5, 5.41) is 0. The van der Waals surface area contributed by atoms with Crippen LogP contribution in [0.2, 0.25) is 0 Å². The fraction of sp³-hybridized carbons (Fsp3) is 0.294. The van der Waals surface area contributed by atoms with Crippen molar-refractivity contribution in [2.24, 2.45) is 0 Å². The zero-order chi connectivity index (χ0) is 17.2. The van der Waals surface area contributed by atoms with E-state index in [1.54, 1.807) is 29.6 Å². The summed E-state index contributed by atoms with van der Waals surface area (Å²) in [4.78, 5) is 2.53. The number of piperazine rings is 1. The van der Waals surface area contributed by atoms with Gasteiger partial charge in [0, 0.05) is 31.9 Å². The van der Waals surface area contributed by atoms with Gasteiger partial charge >= 0.3 is 0 Å². The van der Waals surface area contributed by atoms with E-state index in [2.05, 4.69) is 39.6 Å². The molecule has 0 atom stereocenters. The quantitative estimate of drug-likeness (QED) is 0.662. The topological polar surface area (TPSA) is 49.9 Å². The summed E-state index contributed by atoms with van der Waals surface area (Å²) in [5.41, 5.74) is 1.13. The third-order valence-corrected chi connectivity index (χ3v) is 6.86. The van der Waals surface area contributed by atoms with Crippen LogP contribution in [0.1, 0.15) is 0 Å². The van der Waals surface area contributed by atoms with Crippen LogP contribution in [0.4, 0.5) is 5.69 Å². The Bertz CT molecular complexity index is 804. The SMILES string of the molecule is COc1ccc(S(=O)(=O)N2CCN(c3ccccc3)CC2)cc1I. The van der Waals surface area contributed by atoms with Crippen molar-refractivity contribution in [3.8, 4) is 5.75 Å². The average Bonchev–Trinajstić information content (AvgIpc) is 2.62. The van der Waals surface area contributed by atoms with Crippen LogP contribution in [0.5, 0.6) is 5.75 Å². The van der Waals surface area contributed by atoms with Gasteiger partial charge in [-0.2, -0.15) is 4.31 Å². The van der Waals surface area contributed by atoms with Gasteiger partial charge in [0.1, 0.15) is 5.75 Å². The molecule has 1 aliphatic heterocycles. The van der Waals surface area contributed by atoms with Crippen molar-refractivity contribution >= 4 is 38.3 Å². The van der Waals surface area contributed by atoms with Gasteiger partial charge in [-0.05, 0) is 52.9 Å². The van der Waals surface area contributed by atoms with E-state index < -0.39 is 10.0 Å². The summed E-state index contributed by atoms with van der Waals surface area (Å²) in [6, 6.07) is 15.1. The van der Waals surface area contributed by atoms with Crippen molar-refractivity contribution < 1.29 is 13.2 Å².